The van der Waals surface area contributed by atoms with Crippen molar-refractivity contribution < 1.29 is 8.42 Å². The second-order valence-corrected chi connectivity index (χ2v) is 5.41. The van der Waals surface area contributed by atoms with E-state index in [0.29, 0.717) is 19.5 Å². The van der Waals surface area contributed by atoms with Crippen LogP contribution >= 0.6 is 0 Å². The van der Waals surface area contributed by atoms with Crippen LogP contribution in [0.15, 0.2) is 0 Å². The zero-order valence-electron chi connectivity index (χ0n) is 8.74. The van der Waals surface area contributed by atoms with E-state index in [4.69, 9.17) is 0 Å². The van der Waals surface area contributed by atoms with E-state index < -0.39 is 10.2 Å². The van der Waals surface area contributed by atoms with Gasteiger partial charge in [-0.15, -0.1) is 0 Å². The quantitative estimate of drug-likeness (QED) is 0.721. The van der Waals surface area contributed by atoms with Crippen LogP contribution in [0.5, 0.6) is 0 Å². The van der Waals surface area contributed by atoms with Crippen LogP contribution in [0.2, 0.25) is 0 Å². The molecule has 0 saturated carbocycles. The lowest BCUT2D eigenvalue weighted by Crippen LogP contribution is -2.41. The lowest BCUT2D eigenvalue weighted by molar-refractivity contribution is 0.381. The van der Waals surface area contributed by atoms with Crippen LogP contribution in [0.4, 0.5) is 0 Å². The van der Waals surface area contributed by atoms with Gasteiger partial charge < -0.3 is 4.98 Å². The van der Waals surface area contributed by atoms with Crippen LogP contribution in [0.25, 0.3) is 0 Å². The van der Waals surface area contributed by atoms with Gasteiger partial charge in [-0.2, -0.15) is 12.7 Å². The van der Waals surface area contributed by atoms with Gasteiger partial charge in [-0.3, -0.25) is 0 Å². The highest BCUT2D eigenvalue weighted by atomic mass is 32.2. The van der Waals surface area contributed by atoms with Crippen molar-refractivity contribution in [2.75, 3.05) is 13.6 Å². The van der Waals surface area contributed by atoms with Crippen molar-refractivity contribution in [2.24, 2.45) is 0 Å². The molecular formula is C8H14N4O2S. The van der Waals surface area contributed by atoms with Gasteiger partial charge in [0.25, 0.3) is 10.2 Å². The first-order valence-electron chi connectivity index (χ1n) is 4.76. The molecule has 0 radical (unpaired) electrons. The number of imidazole rings is 1. The van der Waals surface area contributed by atoms with Crippen molar-refractivity contribution >= 4 is 10.2 Å². The fraction of sp³-hybridized carbons (Fsp3) is 0.625. The van der Waals surface area contributed by atoms with Crippen molar-refractivity contribution in [1.82, 2.24) is 19.0 Å². The van der Waals surface area contributed by atoms with Crippen LogP contribution < -0.4 is 4.72 Å². The normalized spacial score (nSPS) is 17.7. The number of nitrogens with zero attached hydrogens (tertiary/aromatic N) is 2. The highest BCUT2D eigenvalue weighted by molar-refractivity contribution is 7.87. The van der Waals surface area contributed by atoms with Crippen molar-refractivity contribution in [2.45, 2.75) is 19.9 Å². The molecule has 2 N–H and O–H groups in total. The van der Waals surface area contributed by atoms with Crippen molar-refractivity contribution in [3.8, 4) is 0 Å². The Balaban J connectivity index is 2.26. The molecular weight excluding hydrogens is 216 g/mol. The molecule has 0 spiro atoms. The first-order chi connectivity index (χ1) is 7.03. The van der Waals surface area contributed by atoms with E-state index in [1.54, 1.807) is 0 Å². The molecule has 0 bridgehead atoms. The highest BCUT2D eigenvalue weighted by Gasteiger charge is 2.27. The van der Waals surface area contributed by atoms with E-state index in [0.717, 1.165) is 17.2 Å². The molecule has 1 aromatic rings. The summed E-state index contributed by atoms with van der Waals surface area (Å²) < 4.78 is 26.8. The molecule has 0 aliphatic carbocycles. The van der Waals surface area contributed by atoms with Crippen molar-refractivity contribution in [3.05, 3.63) is 17.2 Å². The van der Waals surface area contributed by atoms with Gasteiger partial charge in [-0.1, -0.05) is 0 Å². The van der Waals surface area contributed by atoms with Crippen LogP contribution in [-0.4, -0.2) is 36.3 Å². The Morgan fingerprint density at radius 2 is 2.27 bits per heavy atom. The zero-order chi connectivity index (χ0) is 11.1. The number of aromatic amines is 1. The second-order valence-electron chi connectivity index (χ2n) is 3.54. The number of H-pyrrole nitrogens is 1. The van der Waals surface area contributed by atoms with Gasteiger partial charge in [0.05, 0.1) is 17.9 Å². The summed E-state index contributed by atoms with van der Waals surface area (Å²) in [6.45, 7) is 2.73. The predicted octanol–water partition coefficient (Wildman–Crippen LogP) is -0.460. The largest absolute Gasteiger partial charge is 0.345 e. The van der Waals surface area contributed by atoms with Crippen LogP contribution in [0.1, 0.15) is 17.2 Å². The van der Waals surface area contributed by atoms with Crippen LogP contribution in [0, 0.1) is 6.92 Å². The first kappa shape index (κ1) is 10.6. The van der Waals surface area contributed by atoms with Gasteiger partial charge >= 0.3 is 0 Å². The number of hydrogen-bond donors (Lipinski definition) is 2. The van der Waals surface area contributed by atoms with Gasteiger partial charge in [0, 0.05) is 20.0 Å². The van der Waals surface area contributed by atoms with Crippen molar-refractivity contribution in [3.63, 3.8) is 0 Å². The molecule has 7 heteroatoms. The molecule has 2 heterocycles. The maximum Gasteiger partial charge on any atom is 0.279 e. The third-order valence-corrected chi connectivity index (χ3v) is 4.02. The molecule has 0 unspecified atom stereocenters. The molecule has 6 nitrogen and oxygen atoms in total. The zero-order valence-corrected chi connectivity index (χ0v) is 9.56. The SMILES string of the molecule is CNS(=O)(=O)N1CCc2nc(C)[nH]c2C1. The second kappa shape index (κ2) is 3.58. The minimum atomic E-state index is -3.32. The third-order valence-electron chi connectivity index (χ3n) is 2.51. The summed E-state index contributed by atoms with van der Waals surface area (Å²) in [5.74, 6) is 0.837. The molecule has 2 rings (SSSR count). The lowest BCUT2D eigenvalue weighted by atomic mass is 10.2. The maximum absolute atomic E-state index is 11.6. The van der Waals surface area contributed by atoms with Crippen molar-refractivity contribution in [1.29, 1.82) is 0 Å². The summed E-state index contributed by atoms with van der Waals surface area (Å²) in [4.78, 5) is 7.37. The maximum atomic E-state index is 11.6. The van der Waals surface area contributed by atoms with Crippen LogP contribution in [-0.2, 0) is 23.2 Å². The fourth-order valence-electron chi connectivity index (χ4n) is 1.75. The Morgan fingerprint density at radius 1 is 1.53 bits per heavy atom. The Labute approximate surface area is 88.9 Å². The Hall–Kier alpha value is -0.920. The number of aryl methyl sites for hydroxylation is 1. The number of aromatic nitrogens is 2. The summed E-state index contributed by atoms with van der Waals surface area (Å²) in [5.41, 5.74) is 1.88. The minimum absolute atomic E-state index is 0.374. The molecule has 84 valence electrons. The molecule has 1 aromatic heterocycles. The number of hydrogen-bond acceptors (Lipinski definition) is 3. The summed E-state index contributed by atoms with van der Waals surface area (Å²) in [6, 6.07) is 0. The molecule has 15 heavy (non-hydrogen) atoms. The van der Waals surface area contributed by atoms with Gasteiger partial charge in [0.2, 0.25) is 0 Å². The molecule has 1 aliphatic heterocycles. The average molecular weight is 230 g/mol. The smallest absolute Gasteiger partial charge is 0.279 e. The van der Waals surface area contributed by atoms with E-state index in [2.05, 4.69) is 14.7 Å². The van der Waals surface area contributed by atoms with Gasteiger partial charge in [-0.05, 0) is 6.92 Å². The van der Waals surface area contributed by atoms with Crippen LogP contribution in [0.3, 0.4) is 0 Å². The molecule has 0 atom stereocenters. The molecule has 0 aromatic carbocycles. The van der Waals surface area contributed by atoms with Gasteiger partial charge in [-0.25, -0.2) is 9.71 Å². The standard InChI is InChI=1S/C8H14N4O2S/c1-6-10-7-3-4-12(5-8(7)11-6)15(13,14)9-2/h9H,3-5H2,1-2H3,(H,10,11). The Bertz CT molecular complexity index is 465. The predicted molar refractivity (Wildman–Crippen MR) is 55.4 cm³/mol. The molecule has 0 amide bonds. The molecule has 0 fully saturated rings. The number of rotatable bonds is 2. The van der Waals surface area contributed by atoms with E-state index >= 15 is 0 Å². The van der Waals surface area contributed by atoms with E-state index in [1.165, 1.54) is 11.4 Å². The summed E-state index contributed by atoms with van der Waals surface area (Å²) in [6.07, 6.45) is 0.667. The summed E-state index contributed by atoms with van der Waals surface area (Å²) in [5, 5.41) is 0. The Kier molecular flexibility index (Phi) is 2.53. The number of nitrogens with one attached hydrogen (secondary N) is 2. The van der Waals surface area contributed by atoms with E-state index in [1.807, 2.05) is 6.92 Å². The molecule has 1 aliphatic rings. The summed E-state index contributed by atoms with van der Waals surface area (Å²) >= 11 is 0. The van der Waals surface area contributed by atoms with E-state index in [-0.39, 0.29) is 0 Å². The monoisotopic (exact) mass is 230 g/mol. The summed E-state index contributed by atoms with van der Waals surface area (Å²) in [7, 11) is -1.90. The van der Waals surface area contributed by atoms with Gasteiger partial charge in [0.1, 0.15) is 5.82 Å². The third kappa shape index (κ3) is 1.90. The van der Waals surface area contributed by atoms with E-state index in [9.17, 15) is 8.42 Å². The fourth-order valence-corrected chi connectivity index (χ4v) is 2.64. The lowest BCUT2D eigenvalue weighted by Gasteiger charge is -2.24. The highest BCUT2D eigenvalue weighted by Crippen LogP contribution is 2.18. The average Bonchev–Trinajstić information content (AvgIpc) is 2.56. The topological polar surface area (TPSA) is 78.1 Å². The molecule has 0 saturated heterocycles. The Morgan fingerprint density at radius 3 is 2.93 bits per heavy atom. The number of fused-ring (bicyclic) bond motifs is 1. The van der Waals surface area contributed by atoms with Gasteiger partial charge in [0.15, 0.2) is 0 Å². The minimum Gasteiger partial charge on any atom is -0.345 e. The first-order valence-corrected chi connectivity index (χ1v) is 6.20.